The summed E-state index contributed by atoms with van der Waals surface area (Å²) in [5.74, 6) is -0.341. The number of nitrogens with two attached hydrogens (primary N) is 1. The highest BCUT2D eigenvalue weighted by Gasteiger charge is 2.09. The minimum absolute atomic E-state index is 0. The first-order valence-corrected chi connectivity index (χ1v) is 4.52. The lowest BCUT2D eigenvalue weighted by Crippen LogP contribution is -2.10. The predicted molar refractivity (Wildman–Crippen MR) is 58.5 cm³/mol. The van der Waals surface area contributed by atoms with Crippen molar-refractivity contribution >= 4 is 28.3 Å². The van der Waals surface area contributed by atoms with Gasteiger partial charge in [0.15, 0.2) is 0 Å². The van der Waals surface area contributed by atoms with Crippen LogP contribution in [-0.2, 0) is 0 Å². The summed E-state index contributed by atoms with van der Waals surface area (Å²) in [7, 11) is 0. The highest BCUT2D eigenvalue weighted by Crippen LogP contribution is 2.24. The molecule has 0 unspecified atom stereocenters. The standard InChI is InChI=1S/C9H8BrFN2.ClH/c10-8-2-1-6(11)5-7(8)9(13)3-4-12;/h1-2,5,9H,3,13H2;1H/t9-;/m1./s1. The molecule has 0 bridgehead atoms. The maximum Gasteiger partial charge on any atom is 0.123 e. The van der Waals surface area contributed by atoms with Gasteiger partial charge in [0.1, 0.15) is 5.82 Å². The van der Waals surface area contributed by atoms with Crippen LogP contribution < -0.4 is 5.73 Å². The Kier molecular flexibility index (Phi) is 5.70. The molecule has 2 N–H and O–H groups in total. The summed E-state index contributed by atoms with van der Waals surface area (Å²) in [6, 6.07) is 5.77. The summed E-state index contributed by atoms with van der Waals surface area (Å²) >= 11 is 3.24. The van der Waals surface area contributed by atoms with E-state index < -0.39 is 6.04 Å². The Morgan fingerprint density at radius 3 is 2.79 bits per heavy atom. The number of hydrogen-bond acceptors (Lipinski definition) is 2. The van der Waals surface area contributed by atoms with E-state index in [1.807, 2.05) is 6.07 Å². The molecule has 14 heavy (non-hydrogen) atoms. The largest absolute Gasteiger partial charge is 0.323 e. The van der Waals surface area contributed by atoms with Gasteiger partial charge >= 0.3 is 0 Å². The van der Waals surface area contributed by atoms with Crippen LogP contribution in [0.2, 0.25) is 0 Å². The summed E-state index contributed by atoms with van der Waals surface area (Å²) in [6.45, 7) is 0. The van der Waals surface area contributed by atoms with Crippen molar-refractivity contribution in [3.8, 4) is 6.07 Å². The summed E-state index contributed by atoms with van der Waals surface area (Å²) in [5, 5.41) is 8.42. The van der Waals surface area contributed by atoms with Gasteiger partial charge in [0, 0.05) is 10.5 Å². The molecule has 1 atom stereocenters. The van der Waals surface area contributed by atoms with Crippen LogP contribution in [0.3, 0.4) is 0 Å². The molecular weight excluding hydrogens is 270 g/mol. The second-order valence-electron chi connectivity index (χ2n) is 2.63. The quantitative estimate of drug-likeness (QED) is 0.905. The molecule has 1 rings (SSSR count). The third-order valence-electron chi connectivity index (χ3n) is 1.67. The minimum Gasteiger partial charge on any atom is -0.323 e. The van der Waals surface area contributed by atoms with E-state index in [2.05, 4.69) is 15.9 Å². The maximum absolute atomic E-state index is 12.8. The van der Waals surface area contributed by atoms with Crippen molar-refractivity contribution in [2.45, 2.75) is 12.5 Å². The first kappa shape index (κ1) is 13.4. The van der Waals surface area contributed by atoms with Crippen LogP contribution in [0.5, 0.6) is 0 Å². The zero-order valence-corrected chi connectivity index (χ0v) is 9.61. The highest BCUT2D eigenvalue weighted by molar-refractivity contribution is 9.10. The average Bonchev–Trinajstić information content (AvgIpc) is 2.09. The number of benzene rings is 1. The molecule has 0 aliphatic heterocycles. The van der Waals surface area contributed by atoms with Crippen molar-refractivity contribution in [1.82, 2.24) is 0 Å². The average molecular weight is 280 g/mol. The maximum atomic E-state index is 12.8. The van der Waals surface area contributed by atoms with E-state index in [9.17, 15) is 4.39 Å². The van der Waals surface area contributed by atoms with Crippen LogP contribution in [0.25, 0.3) is 0 Å². The molecule has 1 aromatic carbocycles. The summed E-state index contributed by atoms with van der Waals surface area (Å²) in [5.41, 5.74) is 6.28. The van der Waals surface area contributed by atoms with Crippen LogP contribution in [0.15, 0.2) is 22.7 Å². The van der Waals surface area contributed by atoms with Gasteiger partial charge in [0.05, 0.1) is 12.5 Å². The Balaban J connectivity index is 0.00000169. The Labute approximate surface area is 96.4 Å². The summed E-state index contributed by atoms with van der Waals surface area (Å²) in [6.07, 6.45) is 0.183. The second-order valence-corrected chi connectivity index (χ2v) is 3.49. The molecule has 0 spiro atoms. The van der Waals surface area contributed by atoms with Gasteiger partial charge < -0.3 is 5.73 Å². The Hall–Kier alpha value is -0.630. The number of nitrogens with zero attached hydrogens (tertiary/aromatic N) is 1. The van der Waals surface area contributed by atoms with Crippen molar-refractivity contribution in [3.63, 3.8) is 0 Å². The second kappa shape index (κ2) is 5.97. The Morgan fingerprint density at radius 1 is 1.57 bits per heavy atom. The van der Waals surface area contributed by atoms with Gasteiger partial charge in [-0.15, -0.1) is 12.4 Å². The van der Waals surface area contributed by atoms with Gasteiger partial charge in [0.2, 0.25) is 0 Å². The Bertz CT molecular complexity index is 351. The molecule has 0 fully saturated rings. The first-order valence-electron chi connectivity index (χ1n) is 3.72. The van der Waals surface area contributed by atoms with Crippen LogP contribution in [0.4, 0.5) is 4.39 Å². The first-order chi connectivity index (χ1) is 6.15. The van der Waals surface area contributed by atoms with Gasteiger partial charge in [-0.2, -0.15) is 5.26 Å². The van der Waals surface area contributed by atoms with E-state index in [4.69, 9.17) is 11.0 Å². The highest BCUT2D eigenvalue weighted by atomic mass is 79.9. The fraction of sp³-hybridized carbons (Fsp3) is 0.222. The number of halogens is 3. The lowest BCUT2D eigenvalue weighted by Gasteiger charge is -2.09. The third-order valence-corrected chi connectivity index (χ3v) is 2.39. The lowest BCUT2D eigenvalue weighted by atomic mass is 10.1. The smallest absolute Gasteiger partial charge is 0.123 e. The van der Waals surface area contributed by atoms with Crippen molar-refractivity contribution in [1.29, 1.82) is 5.26 Å². The fourth-order valence-electron chi connectivity index (χ4n) is 1.01. The number of hydrogen-bond donors (Lipinski definition) is 1. The zero-order chi connectivity index (χ0) is 9.84. The summed E-state index contributed by atoms with van der Waals surface area (Å²) < 4.78 is 13.5. The van der Waals surface area contributed by atoms with E-state index >= 15 is 0 Å². The monoisotopic (exact) mass is 278 g/mol. The van der Waals surface area contributed by atoms with Crippen molar-refractivity contribution < 1.29 is 4.39 Å². The van der Waals surface area contributed by atoms with Gasteiger partial charge in [-0.05, 0) is 23.8 Å². The van der Waals surface area contributed by atoms with Crippen LogP contribution in [-0.4, -0.2) is 0 Å². The Morgan fingerprint density at radius 2 is 2.21 bits per heavy atom. The molecule has 1 aromatic rings. The molecule has 0 aliphatic carbocycles. The molecule has 0 aliphatic rings. The molecule has 0 radical (unpaired) electrons. The van der Waals surface area contributed by atoms with Gasteiger partial charge in [-0.25, -0.2) is 4.39 Å². The minimum atomic E-state index is -0.435. The zero-order valence-electron chi connectivity index (χ0n) is 7.21. The lowest BCUT2D eigenvalue weighted by molar-refractivity contribution is 0.619. The third kappa shape index (κ3) is 3.26. The van der Waals surface area contributed by atoms with Crippen LogP contribution in [0, 0.1) is 17.1 Å². The topological polar surface area (TPSA) is 49.8 Å². The molecule has 0 saturated heterocycles. The van der Waals surface area contributed by atoms with Gasteiger partial charge in [-0.3, -0.25) is 0 Å². The van der Waals surface area contributed by atoms with Crippen molar-refractivity contribution in [3.05, 3.63) is 34.1 Å². The van der Waals surface area contributed by atoms with Crippen LogP contribution in [0.1, 0.15) is 18.0 Å². The molecule has 0 saturated carbocycles. The molecule has 2 nitrogen and oxygen atoms in total. The van der Waals surface area contributed by atoms with Crippen LogP contribution >= 0.6 is 28.3 Å². The van der Waals surface area contributed by atoms with Gasteiger partial charge in [-0.1, -0.05) is 15.9 Å². The molecule has 0 aromatic heterocycles. The molecular formula is C9H9BrClFN2. The van der Waals surface area contributed by atoms with E-state index in [0.29, 0.717) is 5.56 Å². The van der Waals surface area contributed by atoms with Crippen molar-refractivity contribution in [2.75, 3.05) is 0 Å². The normalized spacial score (nSPS) is 11.3. The molecule has 0 heterocycles. The summed E-state index contributed by atoms with van der Waals surface area (Å²) in [4.78, 5) is 0. The predicted octanol–water partition coefficient (Wildman–Crippen LogP) is 2.92. The molecule has 5 heteroatoms. The molecule has 0 amide bonds. The van der Waals surface area contributed by atoms with Gasteiger partial charge in [0.25, 0.3) is 0 Å². The van der Waals surface area contributed by atoms with Crippen molar-refractivity contribution in [2.24, 2.45) is 5.73 Å². The number of rotatable bonds is 2. The molecule has 76 valence electrons. The van der Waals surface area contributed by atoms with E-state index in [1.54, 1.807) is 6.07 Å². The van der Waals surface area contributed by atoms with E-state index in [0.717, 1.165) is 4.47 Å². The van der Waals surface area contributed by atoms with E-state index in [-0.39, 0.29) is 24.6 Å². The van der Waals surface area contributed by atoms with E-state index in [1.165, 1.54) is 12.1 Å². The fourth-order valence-corrected chi connectivity index (χ4v) is 1.55. The number of nitriles is 1. The SMILES string of the molecule is Cl.N#CC[C@@H](N)c1cc(F)ccc1Br.